The van der Waals surface area contributed by atoms with E-state index in [2.05, 4.69) is 20.4 Å². The van der Waals surface area contributed by atoms with Crippen molar-refractivity contribution in [3.8, 4) is 11.1 Å². The van der Waals surface area contributed by atoms with E-state index in [1.54, 1.807) is 59.4 Å². The van der Waals surface area contributed by atoms with Crippen LogP contribution in [0.2, 0.25) is 0 Å². The van der Waals surface area contributed by atoms with Gasteiger partial charge in [-0.1, -0.05) is 18.2 Å². The molecule has 1 aliphatic rings. The molecule has 5 rings (SSSR count). The van der Waals surface area contributed by atoms with Crippen molar-refractivity contribution in [2.75, 3.05) is 5.32 Å². The molecule has 0 saturated heterocycles. The van der Waals surface area contributed by atoms with E-state index in [-0.39, 0.29) is 28.4 Å². The molecular formula is C22H19N5O3S. The summed E-state index contributed by atoms with van der Waals surface area (Å²) in [6.07, 6.45) is 5.14. The Morgan fingerprint density at radius 3 is 2.58 bits per heavy atom. The Morgan fingerprint density at radius 2 is 1.87 bits per heavy atom. The summed E-state index contributed by atoms with van der Waals surface area (Å²) in [6, 6.07) is 15.6. The van der Waals surface area contributed by atoms with Crippen LogP contribution < -0.4 is 5.32 Å². The predicted molar refractivity (Wildman–Crippen MR) is 115 cm³/mol. The Hall–Kier alpha value is -3.59. The number of aromatic nitrogens is 4. The smallest absolute Gasteiger partial charge is 0.249 e. The highest BCUT2D eigenvalue weighted by atomic mass is 32.2. The molecule has 31 heavy (non-hydrogen) atoms. The normalized spacial score (nSPS) is 13.9. The lowest BCUT2D eigenvalue weighted by Crippen LogP contribution is -2.14. The maximum absolute atomic E-state index is 12.7. The average molecular weight is 433 g/mol. The van der Waals surface area contributed by atoms with E-state index in [4.69, 9.17) is 0 Å². The van der Waals surface area contributed by atoms with Gasteiger partial charge >= 0.3 is 0 Å². The highest BCUT2D eigenvalue weighted by Gasteiger charge is 2.30. The molecule has 1 amide bonds. The number of fused-ring (bicyclic) bond motifs is 1. The molecule has 3 aromatic heterocycles. The lowest BCUT2D eigenvalue weighted by molar-refractivity contribution is -0.117. The Bertz CT molecular complexity index is 1360. The Labute approximate surface area is 178 Å². The summed E-state index contributed by atoms with van der Waals surface area (Å²) in [6.45, 7) is 0. The van der Waals surface area contributed by atoms with Crippen molar-refractivity contribution < 1.29 is 13.2 Å². The fourth-order valence-electron chi connectivity index (χ4n) is 3.35. The van der Waals surface area contributed by atoms with Crippen LogP contribution in [-0.2, 0) is 20.4 Å². The Balaban J connectivity index is 1.42. The second-order valence-electron chi connectivity index (χ2n) is 7.49. The number of carbonyl (C=O) groups is 1. The molecule has 0 spiro atoms. The number of nitrogens with one attached hydrogen (secondary N) is 1. The van der Waals surface area contributed by atoms with Gasteiger partial charge in [0.05, 0.1) is 16.3 Å². The molecule has 0 radical (unpaired) electrons. The Kier molecular flexibility index (Phi) is 4.74. The zero-order valence-corrected chi connectivity index (χ0v) is 17.3. The van der Waals surface area contributed by atoms with Crippen LogP contribution in [-0.4, -0.2) is 33.9 Å². The van der Waals surface area contributed by atoms with Crippen molar-refractivity contribution in [3.05, 3.63) is 72.7 Å². The number of sulfone groups is 1. The minimum Gasteiger partial charge on any atom is -0.293 e. The van der Waals surface area contributed by atoms with Gasteiger partial charge in [-0.15, -0.1) is 5.10 Å². The van der Waals surface area contributed by atoms with E-state index in [9.17, 15) is 13.2 Å². The number of hydrogen-bond acceptors (Lipinski definition) is 6. The van der Waals surface area contributed by atoms with Gasteiger partial charge in [0.1, 0.15) is 0 Å². The third-order valence-electron chi connectivity index (χ3n) is 5.13. The van der Waals surface area contributed by atoms with Crippen LogP contribution in [0.3, 0.4) is 0 Å². The van der Waals surface area contributed by atoms with Crippen LogP contribution in [0.4, 0.5) is 5.95 Å². The standard InChI is InChI=1S/C22H19N5O3S/c28-21(16-6-7-16)25-22-24-20-19(5-3-13-27(20)26-22)15-8-10-18(11-9-15)31(29,30)14-17-4-1-2-12-23-17/h1-5,8-13,16H,6-7,14H2,(H,25,26,28). The quantitative estimate of drug-likeness (QED) is 0.501. The van der Waals surface area contributed by atoms with Gasteiger partial charge in [0.15, 0.2) is 15.5 Å². The summed E-state index contributed by atoms with van der Waals surface area (Å²) < 4.78 is 27.0. The average Bonchev–Trinajstić information content (AvgIpc) is 3.54. The molecule has 1 aliphatic carbocycles. The van der Waals surface area contributed by atoms with Crippen molar-refractivity contribution in [1.29, 1.82) is 0 Å². The number of amides is 1. The molecule has 9 heteroatoms. The van der Waals surface area contributed by atoms with Gasteiger partial charge in [0, 0.05) is 23.9 Å². The van der Waals surface area contributed by atoms with Crippen molar-refractivity contribution in [2.24, 2.45) is 5.92 Å². The summed E-state index contributed by atoms with van der Waals surface area (Å²) in [5, 5.41) is 7.08. The summed E-state index contributed by atoms with van der Waals surface area (Å²) in [5.74, 6) is 0.113. The van der Waals surface area contributed by atoms with Gasteiger partial charge in [0.25, 0.3) is 0 Å². The van der Waals surface area contributed by atoms with Crippen LogP contribution in [0, 0.1) is 5.92 Å². The second-order valence-corrected chi connectivity index (χ2v) is 9.48. The van der Waals surface area contributed by atoms with E-state index in [1.807, 2.05) is 12.1 Å². The summed E-state index contributed by atoms with van der Waals surface area (Å²) in [7, 11) is -3.51. The second kappa shape index (κ2) is 7.59. The minimum absolute atomic E-state index is 0.0556. The van der Waals surface area contributed by atoms with Crippen LogP contribution in [0.25, 0.3) is 16.8 Å². The molecule has 0 aliphatic heterocycles. The molecule has 0 bridgehead atoms. The predicted octanol–water partition coefficient (Wildman–Crippen LogP) is 3.11. The van der Waals surface area contributed by atoms with Gasteiger partial charge in [-0.3, -0.25) is 15.1 Å². The molecule has 0 atom stereocenters. The zero-order valence-electron chi connectivity index (χ0n) is 16.5. The van der Waals surface area contributed by atoms with Crippen molar-refractivity contribution in [3.63, 3.8) is 0 Å². The van der Waals surface area contributed by atoms with Crippen molar-refractivity contribution in [2.45, 2.75) is 23.5 Å². The van der Waals surface area contributed by atoms with Crippen LogP contribution in [0.15, 0.2) is 71.9 Å². The molecule has 1 aromatic carbocycles. The lowest BCUT2D eigenvalue weighted by Gasteiger charge is -2.07. The van der Waals surface area contributed by atoms with Gasteiger partial charge in [-0.25, -0.2) is 12.9 Å². The highest BCUT2D eigenvalue weighted by molar-refractivity contribution is 7.90. The first kappa shape index (κ1) is 19.4. The maximum Gasteiger partial charge on any atom is 0.249 e. The maximum atomic E-state index is 12.7. The molecular weight excluding hydrogens is 414 g/mol. The zero-order chi connectivity index (χ0) is 21.4. The first-order valence-electron chi connectivity index (χ1n) is 9.89. The Morgan fingerprint density at radius 1 is 1.06 bits per heavy atom. The summed E-state index contributed by atoms with van der Waals surface area (Å²) in [4.78, 5) is 20.8. The van der Waals surface area contributed by atoms with Gasteiger partial charge in [-0.05, 0) is 54.8 Å². The van der Waals surface area contributed by atoms with E-state index >= 15 is 0 Å². The number of benzene rings is 1. The SMILES string of the molecule is O=C(Nc1nc2c(-c3ccc(S(=O)(=O)Cc4ccccn4)cc3)cccn2n1)C1CC1. The van der Waals surface area contributed by atoms with Crippen LogP contribution >= 0.6 is 0 Å². The fourth-order valence-corrected chi connectivity index (χ4v) is 4.62. The third kappa shape index (κ3) is 4.04. The van der Waals surface area contributed by atoms with Gasteiger partial charge < -0.3 is 0 Å². The van der Waals surface area contributed by atoms with Gasteiger partial charge in [0.2, 0.25) is 11.9 Å². The number of anilines is 1. The molecule has 1 fully saturated rings. The third-order valence-corrected chi connectivity index (χ3v) is 6.80. The van der Waals surface area contributed by atoms with Crippen LogP contribution in [0.5, 0.6) is 0 Å². The summed E-state index contributed by atoms with van der Waals surface area (Å²) in [5.41, 5.74) is 2.67. The topological polar surface area (TPSA) is 106 Å². The lowest BCUT2D eigenvalue weighted by atomic mass is 10.1. The molecule has 1 N–H and O–H groups in total. The molecule has 0 unspecified atom stereocenters. The van der Waals surface area contributed by atoms with Crippen LogP contribution in [0.1, 0.15) is 18.5 Å². The van der Waals surface area contributed by atoms with E-state index in [0.29, 0.717) is 11.3 Å². The monoisotopic (exact) mass is 433 g/mol. The minimum atomic E-state index is -3.51. The van der Waals surface area contributed by atoms with Gasteiger partial charge in [-0.2, -0.15) is 4.98 Å². The highest BCUT2D eigenvalue weighted by Crippen LogP contribution is 2.30. The fraction of sp³-hybridized carbons (Fsp3) is 0.182. The summed E-state index contributed by atoms with van der Waals surface area (Å²) >= 11 is 0. The van der Waals surface area contributed by atoms with E-state index in [0.717, 1.165) is 24.0 Å². The number of nitrogens with zero attached hydrogens (tertiary/aromatic N) is 4. The first-order valence-corrected chi connectivity index (χ1v) is 11.5. The van der Waals surface area contributed by atoms with Crippen molar-refractivity contribution in [1.82, 2.24) is 19.6 Å². The number of hydrogen-bond donors (Lipinski definition) is 1. The number of rotatable bonds is 6. The van der Waals surface area contributed by atoms with E-state index < -0.39 is 9.84 Å². The molecule has 156 valence electrons. The molecule has 1 saturated carbocycles. The molecule has 4 aromatic rings. The number of carbonyl (C=O) groups excluding carboxylic acids is 1. The number of pyridine rings is 2. The van der Waals surface area contributed by atoms with E-state index in [1.165, 1.54) is 0 Å². The first-order chi connectivity index (χ1) is 15.0. The molecule has 3 heterocycles. The largest absolute Gasteiger partial charge is 0.293 e. The molecule has 8 nitrogen and oxygen atoms in total. The van der Waals surface area contributed by atoms with Crippen molar-refractivity contribution >= 4 is 27.3 Å².